The molecule has 0 aliphatic heterocycles. The van der Waals surface area contributed by atoms with E-state index in [2.05, 4.69) is 30.7 Å². The minimum absolute atomic E-state index is 0.0907. The van der Waals surface area contributed by atoms with Crippen LogP contribution in [0.1, 0.15) is 27.2 Å². The maximum absolute atomic E-state index is 12.1. The van der Waals surface area contributed by atoms with Crippen LogP contribution in [-0.4, -0.2) is 27.2 Å². The van der Waals surface area contributed by atoms with Crippen molar-refractivity contribution in [2.24, 2.45) is 16.1 Å². The second-order valence-corrected chi connectivity index (χ2v) is 6.13. The lowest BCUT2D eigenvalue weighted by molar-refractivity contribution is 0.385. The number of rotatable bonds is 2. The van der Waals surface area contributed by atoms with Crippen molar-refractivity contribution in [3.63, 3.8) is 0 Å². The van der Waals surface area contributed by atoms with Crippen molar-refractivity contribution in [2.45, 2.75) is 27.2 Å². The van der Waals surface area contributed by atoms with E-state index < -0.39 is 5.56 Å². The minimum atomic E-state index is -0.448. The van der Waals surface area contributed by atoms with Crippen molar-refractivity contribution in [1.29, 1.82) is 0 Å². The standard InChI is InChI=1S/C15H20N4O2/c1-15(2,3)6-8-18-14(16)19-12(21)9-11(20)10-5-4-7-17-13(10)19/h4-5,7,9,20H,6,8H2,1-3H3,(H2,16,18). The van der Waals surface area contributed by atoms with E-state index in [4.69, 9.17) is 5.73 Å². The highest BCUT2D eigenvalue weighted by atomic mass is 16.3. The van der Waals surface area contributed by atoms with Crippen molar-refractivity contribution < 1.29 is 5.11 Å². The smallest absolute Gasteiger partial charge is 0.262 e. The Bertz CT molecular complexity index is 741. The van der Waals surface area contributed by atoms with Gasteiger partial charge in [-0.3, -0.25) is 9.79 Å². The number of hydrogen-bond donors (Lipinski definition) is 2. The van der Waals surface area contributed by atoms with Crippen LogP contribution >= 0.6 is 0 Å². The van der Waals surface area contributed by atoms with Gasteiger partial charge in [-0.2, -0.15) is 0 Å². The number of fused-ring (bicyclic) bond motifs is 1. The molecule has 0 aromatic carbocycles. The lowest BCUT2D eigenvalue weighted by Gasteiger charge is -2.16. The van der Waals surface area contributed by atoms with Gasteiger partial charge < -0.3 is 10.8 Å². The zero-order valence-corrected chi connectivity index (χ0v) is 12.5. The fourth-order valence-corrected chi connectivity index (χ4v) is 1.94. The fourth-order valence-electron chi connectivity index (χ4n) is 1.94. The third kappa shape index (κ3) is 3.39. The van der Waals surface area contributed by atoms with Crippen molar-refractivity contribution in [2.75, 3.05) is 6.54 Å². The molecule has 0 spiro atoms. The molecular weight excluding hydrogens is 268 g/mol. The Labute approximate surface area is 123 Å². The molecule has 2 rings (SSSR count). The van der Waals surface area contributed by atoms with Crippen LogP contribution in [0.2, 0.25) is 0 Å². The summed E-state index contributed by atoms with van der Waals surface area (Å²) < 4.78 is 1.22. The first kappa shape index (κ1) is 15.0. The monoisotopic (exact) mass is 288 g/mol. The molecule has 0 aliphatic rings. The predicted octanol–water partition coefficient (Wildman–Crippen LogP) is 1.70. The zero-order chi connectivity index (χ0) is 15.6. The Morgan fingerprint density at radius 2 is 2.19 bits per heavy atom. The largest absolute Gasteiger partial charge is 0.507 e. The number of nitrogens with two attached hydrogens (primary N) is 1. The molecule has 112 valence electrons. The van der Waals surface area contributed by atoms with Gasteiger partial charge in [0, 0.05) is 18.8 Å². The molecule has 0 fully saturated rings. The van der Waals surface area contributed by atoms with E-state index >= 15 is 0 Å². The Hall–Kier alpha value is -2.37. The molecule has 0 aliphatic carbocycles. The number of aliphatic imine (C=N–C) groups is 1. The lowest BCUT2D eigenvalue weighted by Crippen LogP contribution is -2.33. The van der Waals surface area contributed by atoms with Gasteiger partial charge in [-0.1, -0.05) is 20.8 Å². The molecule has 0 saturated heterocycles. The molecule has 6 heteroatoms. The maximum Gasteiger partial charge on any atom is 0.262 e. The van der Waals surface area contributed by atoms with E-state index in [1.54, 1.807) is 18.3 Å². The van der Waals surface area contributed by atoms with Crippen molar-refractivity contribution >= 4 is 17.0 Å². The molecule has 2 heterocycles. The summed E-state index contributed by atoms with van der Waals surface area (Å²) in [5.41, 5.74) is 5.93. The summed E-state index contributed by atoms with van der Waals surface area (Å²) in [6.45, 7) is 6.87. The minimum Gasteiger partial charge on any atom is -0.507 e. The third-order valence-corrected chi connectivity index (χ3v) is 3.12. The van der Waals surface area contributed by atoms with Crippen LogP contribution in [0.5, 0.6) is 5.75 Å². The van der Waals surface area contributed by atoms with Crippen LogP contribution in [0.15, 0.2) is 34.2 Å². The lowest BCUT2D eigenvalue weighted by atomic mass is 9.93. The third-order valence-electron chi connectivity index (χ3n) is 3.12. The fraction of sp³-hybridized carbons (Fsp3) is 0.400. The van der Waals surface area contributed by atoms with Gasteiger partial charge in [-0.15, -0.1) is 0 Å². The number of hydrogen-bond acceptors (Lipinski definition) is 4. The van der Waals surface area contributed by atoms with Gasteiger partial charge >= 0.3 is 0 Å². The number of nitrogens with zero attached hydrogens (tertiary/aromatic N) is 3. The molecule has 0 bridgehead atoms. The molecular formula is C15H20N4O2. The van der Waals surface area contributed by atoms with Gasteiger partial charge in [0.2, 0.25) is 5.96 Å². The van der Waals surface area contributed by atoms with E-state index in [-0.39, 0.29) is 17.1 Å². The predicted molar refractivity (Wildman–Crippen MR) is 83.6 cm³/mol. The average Bonchev–Trinajstić information content (AvgIpc) is 2.37. The van der Waals surface area contributed by atoms with E-state index in [9.17, 15) is 9.90 Å². The zero-order valence-electron chi connectivity index (χ0n) is 12.5. The molecule has 3 N–H and O–H groups in total. The highest BCUT2D eigenvalue weighted by Gasteiger charge is 2.12. The summed E-state index contributed by atoms with van der Waals surface area (Å²) in [6, 6.07) is 4.48. The van der Waals surface area contributed by atoms with E-state index in [1.165, 1.54) is 4.57 Å². The molecule has 2 aromatic heterocycles. The number of pyridine rings is 2. The summed E-state index contributed by atoms with van der Waals surface area (Å²) in [7, 11) is 0. The Morgan fingerprint density at radius 1 is 1.48 bits per heavy atom. The van der Waals surface area contributed by atoms with Crippen molar-refractivity contribution in [3.05, 3.63) is 34.7 Å². The summed E-state index contributed by atoms with van der Waals surface area (Å²) in [6.07, 6.45) is 2.39. The average molecular weight is 288 g/mol. The Balaban J connectivity index is 2.46. The molecule has 21 heavy (non-hydrogen) atoms. The van der Waals surface area contributed by atoms with Crippen molar-refractivity contribution in [1.82, 2.24) is 9.55 Å². The van der Waals surface area contributed by atoms with E-state index in [1.807, 2.05) is 0 Å². The molecule has 0 radical (unpaired) electrons. The van der Waals surface area contributed by atoms with Crippen LogP contribution in [0.3, 0.4) is 0 Å². The molecule has 0 unspecified atom stereocenters. The first-order valence-corrected chi connectivity index (χ1v) is 6.80. The van der Waals surface area contributed by atoms with E-state index in [0.717, 1.165) is 12.5 Å². The number of aromatic hydroxyl groups is 1. The summed E-state index contributed by atoms with van der Waals surface area (Å²) in [5, 5.41) is 10.3. The van der Waals surface area contributed by atoms with Crippen LogP contribution < -0.4 is 11.3 Å². The highest BCUT2D eigenvalue weighted by Crippen LogP contribution is 2.20. The quantitative estimate of drug-likeness (QED) is 0.649. The van der Waals surface area contributed by atoms with Crippen LogP contribution in [0.25, 0.3) is 11.0 Å². The van der Waals surface area contributed by atoms with Gasteiger partial charge in [0.05, 0.1) is 5.39 Å². The van der Waals surface area contributed by atoms with Crippen molar-refractivity contribution in [3.8, 4) is 5.75 Å². The summed E-state index contributed by atoms with van der Waals surface area (Å²) in [4.78, 5) is 20.4. The topological polar surface area (TPSA) is 93.5 Å². The van der Waals surface area contributed by atoms with Crippen LogP contribution in [0, 0.1) is 5.41 Å². The molecule has 0 saturated carbocycles. The molecule has 0 atom stereocenters. The van der Waals surface area contributed by atoms with Gasteiger partial charge in [0.1, 0.15) is 5.75 Å². The second-order valence-electron chi connectivity index (χ2n) is 6.13. The maximum atomic E-state index is 12.1. The Morgan fingerprint density at radius 3 is 2.86 bits per heavy atom. The van der Waals surface area contributed by atoms with E-state index in [0.29, 0.717) is 17.6 Å². The van der Waals surface area contributed by atoms with Gasteiger partial charge in [-0.05, 0) is 24.0 Å². The molecule has 2 aromatic rings. The molecule has 0 amide bonds. The van der Waals surface area contributed by atoms with Crippen LogP contribution in [-0.2, 0) is 0 Å². The van der Waals surface area contributed by atoms with Gasteiger partial charge in [-0.25, -0.2) is 9.55 Å². The normalized spacial score (nSPS) is 12.8. The number of aromatic nitrogens is 2. The second kappa shape index (κ2) is 5.55. The SMILES string of the molecule is CC(C)(C)CCN=C(N)n1c(=O)cc(O)c2cccnc21. The van der Waals surface area contributed by atoms with Crippen LogP contribution in [0.4, 0.5) is 0 Å². The first-order chi connectivity index (χ1) is 9.79. The van der Waals surface area contributed by atoms with Gasteiger partial charge in [0.15, 0.2) is 5.65 Å². The summed E-state index contributed by atoms with van der Waals surface area (Å²) >= 11 is 0. The molecule has 6 nitrogen and oxygen atoms in total. The summed E-state index contributed by atoms with van der Waals surface area (Å²) in [5.74, 6) is -0.0187. The Kier molecular flexibility index (Phi) is 3.97. The van der Waals surface area contributed by atoms with Gasteiger partial charge in [0.25, 0.3) is 5.56 Å². The highest BCUT2D eigenvalue weighted by molar-refractivity contribution is 5.92. The first-order valence-electron chi connectivity index (χ1n) is 6.80.